The number of hydrogen-bond acceptors (Lipinski definition) is 5. The minimum absolute atomic E-state index is 0.0567. The van der Waals surface area contributed by atoms with Gasteiger partial charge in [-0.15, -0.1) is 0 Å². The molecule has 3 rings (SSSR count). The van der Waals surface area contributed by atoms with Crippen LogP contribution in [0.5, 0.6) is 0 Å². The van der Waals surface area contributed by atoms with Crippen LogP contribution < -0.4 is 5.32 Å². The van der Waals surface area contributed by atoms with E-state index in [1.54, 1.807) is 6.92 Å². The van der Waals surface area contributed by atoms with Crippen LogP contribution in [0.1, 0.15) is 31.7 Å². The number of esters is 1. The molecule has 1 N–H and O–H groups in total. The van der Waals surface area contributed by atoms with Crippen LogP contribution in [0.3, 0.4) is 0 Å². The average Bonchev–Trinajstić information content (AvgIpc) is 2.93. The lowest BCUT2D eigenvalue weighted by molar-refractivity contribution is -0.186. The fourth-order valence-corrected chi connectivity index (χ4v) is 4.33. The van der Waals surface area contributed by atoms with Gasteiger partial charge in [-0.1, -0.05) is 28.1 Å². The normalized spacial score (nSPS) is 25.8. The van der Waals surface area contributed by atoms with Crippen molar-refractivity contribution in [1.29, 1.82) is 0 Å². The molecule has 0 bridgehead atoms. The van der Waals surface area contributed by atoms with E-state index in [0.29, 0.717) is 13.2 Å². The van der Waals surface area contributed by atoms with Crippen molar-refractivity contribution < 1.29 is 19.0 Å². The van der Waals surface area contributed by atoms with Crippen molar-refractivity contribution in [2.24, 2.45) is 0 Å². The van der Waals surface area contributed by atoms with Crippen molar-refractivity contribution in [3.8, 4) is 0 Å². The molecule has 6 heteroatoms. The summed E-state index contributed by atoms with van der Waals surface area (Å²) in [6.07, 6.45) is 2.47. The van der Waals surface area contributed by atoms with Crippen molar-refractivity contribution in [1.82, 2.24) is 5.32 Å². The average molecular weight is 398 g/mol. The van der Waals surface area contributed by atoms with Gasteiger partial charge in [-0.2, -0.15) is 0 Å². The molecule has 0 aromatic heterocycles. The van der Waals surface area contributed by atoms with Crippen LogP contribution in [-0.4, -0.2) is 44.5 Å². The first-order valence-electron chi connectivity index (χ1n) is 8.52. The van der Waals surface area contributed by atoms with Crippen LogP contribution >= 0.6 is 15.9 Å². The maximum absolute atomic E-state index is 11.9. The first kappa shape index (κ1) is 17.9. The molecule has 2 aliphatic heterocycles. The Kier molecular flexibility index (Phi) is 5.59. The molecule has 2 heterocycles. The Morgan fingerprint density at radius 1 is 1.33 bits per heavy atom. The number of halogens is 1. The molecule has 1 aromatic rings. The fourth-order valence-electron chi connectivity index (χ4n) is 3.93. The smallest absolute Gasteiger partial charge is 0.332 e. The number of ether oxygens (including phenoxy) is 3. The number of nitrogens with one attached hydrogen (secondary N) is 1. The summed E-state index contributed by atoms with van der Waals surface area (Å²) in [4.78, 5) is 11.9. The summed E-state index contributed by atoms with van der Waals surface area (Å²) >= 11 is 3.55. The molecule has 1 atom stereocenters. The lowest BCUT2D eigenvalue weighted by Crippen LogP contribution is -2.56. The number of carbonyl (C=O) groups is 1. The highest BCUT2D eigenvalue weighted by Crippen LogP contribution is 2.51. The lowest BCUT2D eigenvalue weighted by atomic mass is 9.72. The minimum atomic E-state index is -0.619. The molecule has 2 aliphatic rings. The fraction of sp³-hybridized carbons (Fsp3) is 0.611. The summed E-state index contributed by atoms with van der Waals surface area (Å²) in [6, 6.07) is 8.13. The summed E-state index contributed by atoms with van der Waals surface area (Å²) < 4.78 is 18.6. The number of hydrogen-bond donors (Lipinski definition) is 1. The SMILES string of the molecule is CCOC(=O)COC1(c2cccc(Br)c2)CCOC12CCNCC2. The highest BCUT2D eigenvalue weighted by Gasteiger charge is 2.58. The van der Waals surface area contributed by atoms with Gasteiger partial charge in [-0.25, -0.2) is 4.79 Å². The molecule has 0 radical (unpaired) electrons. The van der Waals surface area contributed by atoms with Gasteiger partial charge in [0.2, 0.25) is 0 Å². The van der Waals surface area contributed by atoms with Crippen molar-refractivity contribution in [2.45, 2.75) is 37.4 Å². The van der Waals surface area contributed by atoms with Gasteiger partial charge < -0.3 is 19.5 Å². The Bertz CT molecular complexity index is 588. The van der Waals surface area contributed by atoms with Crippen LogP contribution in [-0.2, 0) is 24.6 Å². The Balaban J connectivity index is 1.95. The van der Waals surface area contributed by atoms with Gasteiger partial charge in [0.1, 0.15) is 17.8 Å². The molecule has 0 saturated carbocycles. The Labute approximate surface area is 151 Å². The molecule has 2 saturated heterocycles. The summed E-state index contributed by atoms with van der Waals surface area (Å²) in [5.74, 6) is -0.331. The van der Waals surface area contributed by atoms with E-state index in [9.17, 15) is 4.79 Å². The molecule has 1 unspecified atom stereocenters. The first-order valence-corrected chi connectivity index (χ1v) is 9.31. The molecule has 24 heavy (non-hydrogen) atoms. The third kappa shape index (κ3) is 3.25. The zero-order valence-corrected chi connectivity index (χ0v) is 15.6. The van der Waals surface area contributed by atoms with Crippen molar-refractivity contribution in [3.63, 3.8) is 0 Å². The zero-order valence-electron chi connectivity index (χ0n) is 14.0. The van der Waals surface area contributed by atoms with Gasteiger partial charge in [0, 0.05) is 10.9 Å². The van der Waals surface area contributed by atoms with Gasteiger partial charge in [0.25, 0.3) is 0 Å². The highest BCUT2D eigenvalue weighted by atomic mass is 79.9. The standard InChI is InChI=1S/C18H24BrNO4/c1-2-22-16(21)13-24-18(14-4-3-5-15(19)12-14)8-11-23-17(18)6-9-20-10-7-17/h3-5,12,20H,2,6-11,13H2,1H3. The third-order valence-electron chi connectivity index (χ3n) is 5.01. The molecular weight excluding hydrogens is 374 g/mol. The molecule has 132 valence electrons. The van der Waals surface area contributed by atoms with E-state index in [2.05, 4.69) is 33.4 Å². The molecule has 1 spiro atoms. The van der Waals surface area contributed by atoms with Gasteiger partial charge in [0.15, 0.2) is 0 Å². The van der Waals surface area contributed by atoms with Gasteiger partial charge >= 0.3 is 5.97 Å². The Hall–Kier alpha value is -0.950. The van der Waals surface area contributed by atoms with E-state index < -0.39 is 11.2 Å². The van der Waals surface area contributed by atoms with Crippen LogP contribution in [0.2, 0.25) is 0 Å². The van der Waals surface area contributed by atoms with Gasteiger partial charge in [0.05, 0.1) is 13.2 Å². The molecular formula is C18H24BrNO4. The largest absolute Gasteiger partial charge is 0.464 e. The molecule has 2 fully saturated rings. The second-order valence-electron chi connectivity index (χ2n) is 6.27. The van der Waals surface area contributed by atoms with Crippen molar-refractivity contribution in [2.75, 3.05) is 32.9 Å². The number of carbonyl (C=O) groups excluding carboxylic acids is 1. The maximum atomic E-state index is 11.9. The van der Waals surface area contributed by atoms with E-state index >= 15 is 0 Å². The molecule has 0 amide bonds. The summed E-state index contributed by atoms with van der Waals surface area (Å²) in [7, 11) is 0. The van der Waals surface area contributed by atoms with Gasteiger partial charge in [-0.3, -0.25) is 0 Å². The summed E-state index contributed by atoms with van der Waals surface area (Å²) in [6.45, 7) is 4.51. The van der Waals surface area contributed by atoms with E-state index in [1.165, 1.54) is 0 Å². The Morgan fingerprint density at radius 3 is 2.83 bits per heavy atom. The molecule has 1 aromatic carbocycles. The topological polar surface area (TPSA) is 56.8 Å². The highest BCUT2D eigenvalue weighted by molar-refractivity contribution is 9.10. The van der Waals surface area contributed by atoms with Crippen LogP contribution in [0.15, 0.2) is 28.7 Å². The monoisotopic (exact) mass is 397 g/mol. The molecule has 0 aliphatic carbocycles. The van der Waals surface area contributed by atoms with E-state index in [4.69, 9.17) is 14.2 Å². The second kappa shape index (κ2) is 7.52. The number of rotatable bonds is 5. The van der Waals surface area contributed by atoms with Crippen molar-refractivity contribution in [3.05, 3.63) is 34.3 Å². The minimum Gasteiger partial charge on any atom is -0.464 e. The quantitative estimate of drug-likeness (QED) is 0.774. The molecule has 5 nitrogen and oxygen atoms in total. The second-order valence-corrected chi connectivity index (χ2v) is 7.19. The Morgan fingerprint density at radius 2 is 2.12 bits per heavy atom. The summed E-state index contributed by atoms with van der Waals surface area (Å²) in [5.41, 5.74) is 0.0394. The third-order valence-corrected chi connectivity index (χ3v) is 5.51. The predicted octanol–water partition coefficient (Wildman–Crippen LogP) is 2.77. The number of piperidine rings is 1. The first-order chi connectivity index (χ1) is 11.6. The van der Waals surface area contributed by atoms with E-state index in [1.807, 2.05) is 12.1 Å². The van der Waals surface area contributed by atoms with Crippen LogP contribution in [0.25, 0.3) is 0 Å². The van der Waals surface area contributed by atoms with Crippen LogP contribution in [0.4, 0.5) is 0 Å². The maximum Gasteiger partial charge on any atom is 0.332 e. The van der Waals surface area contributed by atoms with Crippen molar-refractivity contribution >= 4 is 21.9 Å². The van der Waals surface area contributed by atoms with E-state index in [-0.39, 0.29) is 12.6 Å². The van der Waals surface area contributed by atoms with E-state index in [0.717, 1.165) is 42.4 Å². The lowest BCUT2D eigenvalue weighted by Gasteiger charge is -2.47. The summed E-state index contributed by atoms with van der Waals surface area (Å²) in [5, 5.41) is 3.39. The van der Waals surface area contributed by atoms with Gasteiger partial charge in [-0.05, 0) is 50.6 Å². The van der Waals surface area contributed by atoms with Crippen LogP contribution in [0, 0.1) is 0 Å². The number of benzene rings is 1. The zero-order chi connectivity index (χ0) is 17.0. The predicted molar refractivity (Wildman–Crippen MR) is 93.8 cm³/mol.